The maximum Gasteiger partial charge on any atom is 0.0635 e. The highest BCUT2D eigenvalue weighted by Crippen LogP contribution is 2.56. The van der Waals surface area contributed by atoms with Gasteiger partial charge in [0.1, 0.15) is 0 Å². The van der Waals surface area contributed by atoms with Crippen LogP contribution in [-0.4, -0.2) is 12.2 Å². The van der Waals surface area contributed by atoms with Gasteiger partial charge in [0.2, 0.25) is 0 Å². The molecule has 0 radical (unpaired) electrons. The molecule has 0 aromatic heterocycles. The fraction of sp³-hybridized carbons (Fsp3) is 0.875. The van der Waals surface area contributed by atoms with E-state index in [-0.39, 0.29) is 0 Å². The van der Waals surface area contributed by atoms with Crippen LogP contribution in [0, 0.1) is 35.5 Å². The van der Waals surface area contributed by atoms with Crippen molar-refractivity contribution in [2.45, 2.75) is 65.6 Å². The Balaban J connectivity index is 1.97. The van der Waals surface area contributed by atoms with Crippen LogP contribution in [-0.2, 0) is 4.74 Å². The number of rotatable bonds is 4. The Hall–Kier alpha value is -0.480. The quantitative estimate of drug-likeness (QED) is 0.671. The van der Waals surface area contributed by atoms with Crippen LogP contribution >= 0.6 is 0 Å². The SMILES string of the molecule is CC(C)OC(C(C)C)C1C2CCC#CCCC21. The van der Waals surface area contributed by atoms with Crippen LogP contribution in [0.4, 0.5) is 0 Å². The molecule has 1 saturated carbocycles. The molecule has 96 valence electrons. The predicted molar refractivity (Wildman–Crippen MR) is 71.6 cm³/mol. The summed E-state index contributed by atoms with van der Waals surface area (Å²) in [6, 6.07) is 0. The summed E-state index contributed by atoms with van der Waals surface area (Å²) in [6.45, 7) is 8.91. The minimum absolute atomic E-state index is 0.352. The van der Waals surface area contributed by atoms with Gasteiger partial charge in [-0.3, -0.25) is 0 Å². The van der Waals surface area contributed by atoms with Crippen molar-refractivity contribution in [3.63, 3.8) is 0 Å². The molecule has 1 heteroatoms. The second-order valence-corrected chi connectivity index (χ2v) is 6.23. The van der Waals surface area contributed by atoms with Crippen LogP contribution in [0.3, 0.4) is 0 Å². The van der Waals surface area contributed by atoms with Crippen LogP contribution < -0.4 is 0 Å². The molecule has 17 heavy (non-hydrogen) atoms. The molecule has 1 nitrogen and oxygen atoms in total. The summed E-state index contributed by atoms with van der Waals surface area (Å²) in [4.78, 5) is 0. The van der Waals surface area contributed by atoms with Crippen molar-refractivity contribution in [3.8, 4) is 11.8 Å². The molecular weight excluding hydrogens is 208 g/mol. The van der Waals surface area contributed by atoms with E-state index >= 15 is 0 Å². The lowest BCUT2D eigenvalue weighted by Gasteiger charge is -2.24. The largest absolute Gasteiger partial charge is 0.375 e. The van der Waals surface area contributed by atoms with E-state index in [2.05, 4.69) is 39.5 Å². The van der Waals surface area contributed by atoms with Crippen molar-refractivity contribution >= 4 is 0 Å². The lowest BCUT2D eigenvalue weighted by Crippen LogP contribution is -2.27. The minimum Gasteiger partial charge on any atom is -0.375 e. The molecule has 2 rings (SSSR count). The molecule has 0 bridgehead atoms. The van der Waals surface area contributed by atoms with E-state index in [1.54, 1.807) is 0 Å². The fourth-order valence-electron chi connectivity index (χ4n) is 3.44. The molecule has 0 aromatic carbocycles. The Morgan fingerprint density at radius 2 is 1.47 bits per heavy atom. The van der Waals surface area contributed by atoms with Gasteiger partial charge < -0.3 is 4.74 Å². The lowest BCUT2D eigenvalue weighted by atomic mass is 9.99. The predicted octanol–water partition coefficient (Wildman–Crippen LogP) is 3.88. The van der Waals surface area contributed by atoms with E-state index in [9.17, 15) is 0 Å². The number of ether oxygens (including phenoxy) is 1. The van der Waals surface area contributed by atoms with Gasteiger partial charge in [0.25, 0.3) is 0 Å². The van der Waals surface area contributed by atoms with Crippen molar-refractivity contribution in [3.05, 3.63) is 0 Å². The monoisotopic (exact) mass is 234 g/mol. The molecule has 0 aliphatic heterocycles. The molecule has 0 N–H and O–H groups in total. The van der Waals surface area contributed by atoms with E-state index in [1.807, 2.05) is 0 Å². The Kier molecular flexibility index (Phi) is 4.15. The molecule has 1 fully saturated rings. The van der Waals surface area contributed by atoms with E-state index < -0.39 is 0 Å². The van der Waals surface area contributed by atoms with Crippen LogP contribution in [0.2, 0.25) is 0 Å². The van der Waals surface area contributed by atoms with Crippen molar-refractivity contribution in [2.75, 3.05) is 0 Å². The zero-order valence-electron chi connectivity index (χ0n) is 11.7. The topological polar surface area (TPSA) is 9.23 Å². The zero-order valence-corrected chi connectivity index (χ0v) is 11.7. The summed E-state index contributed by atoms with van der Waals surface area (Å²) in [5, 5.41) is 0. The molecule has 0 spiro atoms. The standard InChI is InChI=1S/C16H26O/c1-11(2)16(17-12(3)4)15-13-9-7-5-6-8-10-14(13)15/h11-16H,7-10H2,1-4H3. The molecule has 0 saturated heterocycles. The number of hydrogen-bond donors (Lipinski definition) is 0. The third-order valence-electron chi connectivity index (χ3n) is 4.19. The highest BCUT2D eigenvalue weighted by Gasteiger charge is 2.53. The van der Waals surface area contributed by atoms with Gasteiger partial charge in [0.15, 0.2) is 0 Å². The normalized spacial score (nSPS) is 33.4. The van der Waals surface area contributed by atoms with E-state index in [1.165, 1.54) is 12.8 Å². The van der Waals surface area contributed by atoms with Crippen LogP contribution in [0.15, 0.2) is 0 Å². The Morgan fingerprint density at radius 3 is 1.88 bits per heavy atom. The Bertz CT molecular complexity index is 289. The summed E-state index contributed by atoms with van der Waals surface area (Å²) < 4.78 is 6.17. The maximum absolute atomic E-state index is 6.17. The minimum atomic E-state index is 0.352. The summed E-state index contributed by atoms with van der Waals surface area (Å²) >= 11 is 0. The van der Waals surface area contributed by atoms with E-state index in [0.29, 0.717) is 18.1 Å². The van der Waals surface area contributed by atoms with Crippen molar-refractivity contribution in [1.29, 1.82) is 0 Å². The summed E-state index contributed by atoms with van der Waals surface area (Å²) in [7, 11) is 0. The first kappa shape index (κ1) is 13.0. The molecule has 0 aromatic rings. The highest BCUT2D eigenvalue weighted by atomic mass is 16.5. The number of fused-ring (bicyclic) bond motifs is 1. The average Bonchev–Trinajstić information content (AvgIpc) is 2.85. The van der Waals surface area contributed by atoms with Crippen LogP contribution in [0.25, 0.3) is 0 Å². The van der Waals surface area contributed by atoms with Crippen molar-refractivity contribution in [1.82, 2.24) is 0 Å². The lowest BCUT2D eigenvalue weighted by molar-refractivity contribution is -0.0363. The maximum atomic E-state index is 6.17. The number of hydrogen-bond acceptors (Lipinski definition) is 1. The summed E-state index contributed by atoms with van der Waals surface area (Å²) in [6.07, 6.45) is 5.61. The Morgan fingerprint density at radius 1 is 0.941 bits per heavy atom. The van der Waals surface area contributed by atoms with E-state index in [0.717, 1.165) is 30.6 Å². The first-order chi connectivity index (χ1) is 8.11. The molecule has 0 amide bonds. The highest BCUT2D eigenvalue weighted by molar-refractivity contribution is 5.09. The van der Waals surface area contributed by atoms with Crippen LogP contribution in [0.1, 0.15) is 53.4 Å². The fourth-order valence-corrected chi connectivity index (χ4v) is 3.44. The second kappa shape index (κ2) is 5.44. The summed E-state index contributed by atoms with van der Waals surface area (Å²) in [5.74, 6) is 9.80. The van der Waals surface area contributed by atoms with Gasteiger partial charge in [-0.05, 0) is 50.4 Å². The molecule has 3 atom stereocenters. The van der Waals surface area contributed by atoms with Gasteiger partial charge in [-0.2, -0.15) is 0 Å². The van der Waals surface area contributed by atoms with Gasteiger partial charge >= 0.3 is 0 Å². The zero-order chi connectivity index (χ0) is 12.4. The van der Waals surface area contributed by atoms with Gasteiger partial charge in [0, 0.05) is 12.8 Å². The van der Waals surface area contributed by atoms with Crippen molar-refractivity contribution < 1.29 is 4.74 Å². The Labute approximate surface area is 106 Å². The molecule has 2 aliphatic carbocycles. The van der Waals surface area contributed by atoms with Gasteiger partial charge in [-0.1, -0.05) is 13.8 Å². The first-order valence-electron chi connectivity index (χ1n) is 7.22. The molecule has 2 aliphatic rings. The van der Waals surface area contributed by atoms with Gasteiger partial charge in [0.05, 0.1) is 12.2 Å². The second-order valence-electron chi connectivity index (χ2n) is 6.23. The first-order valence-corrected chi connectivity index (χ1v) is 7.22. The van der Waals surface area contributed by atoms with E-state index in [4.69, 9.17) is 4.74 Å². The molecule has 3 unspecified atom stereocenters. The molecular formula is C16H26O. The third kappa shape index (κ3) is 3.05. The van der Waals surface area contributed by atoms with Crippen LogP contribution in [0.5, 0.6) is 0 Å². The van der Waals surface area contributed by atoms with Crippen molar-refractivity contribution in [2.24, 2.45) is 23.7 Å². The third-order valence-corrected chi connectivity index (χ3v) is 4.19. The smallest absolute Gasteiger partial charge is 0.0635 e. The summed E-state index contributed by atoms with van der Waals surface area (Å²) in [5.41, 5.74) is 0. The van der Waals surface area contributed by atoms with Gasteiger partial charge in [-0.25, -0.2) is 0 Å². The van der Waals surface area contributed by atoms with Gasteiger partial charge in [-0.15, -0.1) is 11.8 Å². The molecule has 0 heterocycles. The average molecular weight is 234 g/mol.